The van der Waals surface area contributed by atoms with Crippen molar-refractivity contribution >= 4 is 11.9 Å². The number of carboxylic acid groups (broad SMARTS) is 1. The topological polar surface area (TPSA) is 75.6 Å². The van der Waals surface area contributed by atoms with Gasteiger partial charge >= 0.3 is 5.97 Å². The van der Waals surface area contributed by atoms with Crippen LogP contribution in [0.15, 0.2) is 43.0 Å². The molecule has 1 aromatic rings. The van der Waals surface area contributed by atoms with Crippen molar-refractivity contribution in [3.8, 4) is 0 Å². The Morgan fingerprint density at radius 3 is 2.65 bits per heavy atom. The van der Waals surface area contributed by atoms with Crippen molar-refractivity contribution in [2.24, 2.45) is 0 Å². The van der Waals surface area contributed by atoms with E-state index in [2.05, 4.69) is 11.9 Å². The summed E-state index contributed by atoms with van der Waals surface area (Å²) in [7, 11) is 0. The normalized spacial score (nSPS) is 11.6. The zero-order valence-electron chi connectivity index (χ0n) is 11.2. The van der Waals surface area contributed by atoms with E-state index in [1.807, 2.05) is 30.3 Å². The molecule has 108 valence electrons. The van der Waals surface area contributed by atoms with Crippen LogP contribution in [0.1, 0.15) is 12.0 Å². The van der Waals surface area contributed by atoms with Gasteiger partial charge in [-0.15, -0.1) is 6.58 Å². The van der Waals surface area contributed by atoms with Gasteiger partial charge in [-0.2, -0.15) is 0 Å². The van der Waals surface area contributed by atoms with Crippen LogP contribution in [0.3, 0.4) is 0 Å². The average Bonchev–Trinajstić information content (AvgIpc) is 2.45. The fourth-order valence-electron chi connectivity index (χ4n) is 1.61. The molecule has 1 rings (SSSR count). The van der Waals surface area contributed by atoms with Crippen molar-refractivity contribution in [2.75, 3.05) is 13.2 Å². The molecule has 2 N–H and O–H groups in total. The number of benzene rings is 1. The van der Waals surface area contributed by atoms with E-state index >= 15 is 0 Å². The third kappa shape index (κ3) is 6.15. The van der Waals surface area contributed by atoms with Crippen molar-refractivity contribution < 1.29 is 19.4 Å². The summed E-state index contributed by atoms with van der Waals surface area (Å²) in [5.74, 6) is -1.41. The molecule has 0 bridgehead atoms. The molecular formula is C15H19NO4. The number of ether oxygens (including phenoxy) is 1. The molecule has 5 nitrogen and oxygen atoms in total. The molecule has 0 aliphatic rings. The molecule has 0 aromatic heterocycles. The van der Waals surface area contributed by atoms with Gasteiger partial charge in [0.25, 0.3) is 0 Å². The molecule has 0 fully saturated rings. The summed E-state index contributed by atoms with van der Waals surface area (Å²) in [4.78, 5) is 22.7. The van der Waals surface area contributed by atoms with E-state index in [1.165, 1.54) is 6.08 Å². The van der Waals surface area contributed by atoms with Gasteiger partial charge in [-0.1, -0.05) is 36.4 Å². The molecule has 0 saturated carbocycles. The minimum atomic E-state index is -1.11. The monoisotopic (exact) mass is 277 g/mol. The van der Waals surface area contributed by atoms with Crippen LogP contribution in [0.5, 0.6) is 0 Å². The van der Waals surface area contributed by atoms with E-state index in [9.17, 15) is 9.59 Å². The van der Waals surface area contributed by atoms with Crippen LogP contribution in [-0.2, 0) is 20.7 Å². The SMILES string of the molecule is C=CCOCC(NC(=O)CCc1ccccc1)C(=O)O. The molecule has 5 heteroatoms. The minimum absolute atomic E-state index is 0.0710. The number of hydrogen-bond donors (Lipinski definition) is 2. The van der Waals surface area contributed by atoms with Crippen molar-refractivity contribution in [3.63, 3.8) is 0 Å². The Hall–Kier alpha value is -2.14. The number of hydrogen-bond acceptors (Lipinski definition) is 3. The number of aliphatic carboxylic acids is 1. The van der Waals surface area contributed by atoms with Crippen molar-refractivity contribution in [2.45, 2.75) is 18.9 Å². The fourth-order valence-corrected chi connectivity index (χ4v) is 1.61. The quantitative estimate of drug-likeness (QED) is 0.528. The van der Waals surface area contributed by atoms with Crippen LogP contribution in [0.25, 0.3) is 0 Å². The third-order valence-corrected chi connectivity index (χ3v) is 2.64. The second kappa shape index (κ2) is 8.87. The molecule has 0 radical (unpaired) electrons. The first kappa shape index (κ1) is 15.9. The molecule has 1 unspecified atom stereocenters. The number of amides is 1. The Kier molecular flexibility index (Phi) is 7.06. The van der Waals surface area contributed by atoms with Crippen molar-refractivity contribution in [1.82, 2.24) is 5.32 Å². The van der Waals surface area contributed by atoms with Crippen LogP contribution in [0.2, 0.25) is 0 Å². The van der Waals surface area contributed by atoms with Gasteiger partial charge in [-0.25, -0.2) is 4.79 Å². The van der Waals surface area contributed by atoms with Gasteiger partial charge in [-0.3, -0.25) is 4.79 Å². The van der Waals surface area contributed by atoms with Crippen LogP contribution in [0.4, 0.5) is 0 Å². The first-order chi connectivity index (χ1) is 9.63. The molecule has 20 heavy (non-hydrogen) atoms. The van der Waals surface area contributed by atoms with Gasteiger partial charge in [0.05, 0.1) is 13.2 Å². The first-order valence-electron chi connectivity index (χ1n) is 6.38. The second-order valence-electron chi connectivity index (χ2n) is 4.27. The first-order valence-corrected chi connectivity index (χ1v) is 6.38. The number of carbonyl (C=O) groups is 2. The van der Waals surface area contributed by atoms with Crippen LogP contribution in [-0.4, -0.2) is 36.2 Å². The highest BCUT2D eigenvalue weighted by molar-refractivity contribution is 5.83. The molecular weight excluding hydrogens is 258 g/mol. The second-order valence-corrected chi connectivity index (χ2v) is 4.27. The Balaban J connectivity index is 2.37. The summed E-state index contributed by atoms with van der Waals surface area (Å²) in [5.41, 5.74) is 1.04. The Bertz CT molecular complexity index is 444. The minimum Gasteiger partial charge on any atom is -0.480 e. The highest BCUT2D eigenvalue weighted by Crippen LogP contribution is 2.02. The van der Waals surface area contributed by atoms with Crippen molar-refractivity contribution in [3.05, 3.63) is 48.6 Å². The van der Waals surface area contributed by atoms with Crippen LogP contribution < -0.4 is 5.32 Å². The maximum absolute atomic E-state index is 11.7. The lowest BCUT2D eigenvalue weighted by Gasteiger charge is -2.14. The van der Waals surface area contributed by atoms with Crippen LogP contribution >= 0.6 is 0 Å². The summed E-state index contributed by atoms with van der Waals surface area (Å²) in [6.07, 6.45) is 2.35. The molecule has 0 spiro atoms. The Morgan fingerprint density at radius 2 is 2.05 bits per heavy atom. The van der Waals surface area contributed by atoms with Gasteiger partial charge in [0.15, 0.2) is 6.04 Å². The largest absolute Gasteiger partial charge is 0.480 e. The number of rotatable bonds is 9. The number of aryl methyl sites for hydroxylation is 1. The molecule has 0 heterocycles. The van der Waals surface area contributed by atoms with E-state index < -0.39 is 12.0 Å². The number of carbonyl (C=O) groups excluding carboxylic acids is 1. The highest BCUT2D eigenvalue weighted by Gasteiger charge is 2.19. The maximum Gasteiger partial charge on any atom is 0.328 e. The summed E-state index contributed by atoms with van der Waals surface area (Å²) >= 11 is 0. The Morgan fingerprint density at radius 1 is 1.35 bits per heavy atom. The molecule has 1 amide bonds. The lowest BCUT2D eigenvalue weighted by molar-refractivity contribution is -0.143. The third-order valence-electron chi connectivity index (χ3n) is 2.64. The van der Waals surface area contributed by atoms with E-state index in [-0.39, 0.29) is 25.5 Å². The zero-order valence-corrected chi connectivity index (χ0v) is 11.2. The van der Waals surface area contributed by atoms with Gasteiger partial charge < -0.3 is 15.2 Å². The summed E-state index contributed by atoms with van der Waals surface area (Å²) in [5, 5.41) is 11.4. The highest BCUT2D eigenvalue weighted by atomic mass is 16.5. The molecule has 1 atom stereocenters. The molecule has 1 aromatic carbocycles. The predicted molar refractivity (Wildman–Crippen MR) is 75.3 cm³/mol. The number of carboxylic acids is 1. The Labute approximate surface area is 118 Å². The summed E-state index contributed by atoms with van der Waals surface area (Å²) in [6.45, 7) is 3.65. The molecule has 0 saturated heterocycles. The zero-order chi connectivity index (χ0) is 14.8. The van der Waals surface area contributed by atoms with Gasteiger partial charge in [0, 0.05) is 6.42 Å². The van der Waals surface area contributed by atoms with Crippen molar-refractivity contribution in [1.29, 1.82) is 0 Å². The average molecular weight is 277 g/mol. The van der Waals surface area contributed by atoms with Gasteiger partial charge in [0.2, 0.25) is 5.91 Å². The van der Waals surface area contributed by atoms with E-state index in [0.717, 1.165) is 5.56 Å². The molecule has 0 aliphatic carbocycles. The molecule has 0 aliphatic heterocycles. The van der Waals surface area contributed by atoms with Crippen LogP contribution in [0, 0.1) is 0 Å². The standard InChI is InChI=1S/C15H19NO4/c1-2-10-20-11-13(15(18)19)16-14(17)9-8-12-6-4-3-5-7-12/h2-7,13H,1,8-11H2,(H,16,17)(H,18,19). The number of nitrogens with one attached hydrogen (secondary N) is 1. The predicted octanol–water partition coefficient (Wildman–Crippen LogP) is 1.39. The van der Waals surface area contributed by atoms with E-state index in [1.54, 1.807) is 0 Å². The lowest BCUT2D eigenvalue weighted by Crippen LogP contribution is -2.44. The maximum atomic E-state index is 11.7. The van der Waals surface area contributed by atoms with Gasteiger partial charge in [0.1, 0.15) is 0 Å². The van der Waals surface area contributed by atoms with E-state index in [0.29, 0.717) is 6.42 Å². The summed E-state index contributed by atoms with van der Waals surface area (Å²) in [6, 6.07) is 8.52. The lowest BCUT2D eigenvalue weighted by atomic mass is 10.1. The summed E-state index contributed by atoms with van der Waals surface area (Å²) < 4.78 is 5.06. The van der Waals surface area contributed by atoms with Gasteiger partial charge in [-0.05, 0) is 12.0 Å². The smallest absolute Gasteiger partial charge is 0.328 e. The van der Waals surface area contributed by atoms with E-state index in [4.69, 9.17) is 9.84 Å². The fraction of sp³-hybridized carbons (Fsp3) is 0.333.